The maximum atomic E-state index is 11.8. The third-order valence-corrected chi connectivity index (χ3v) is 3.46. The number of thiophene rings is 1. The number of nitrogen functional groups attached to an aromatic ring is 1. The number of nitrogens with two attached hydrogens (primary N) is 1. The van der Waals surface area contributed by atoms with E-state index < -0.39 is 0 Å². The van der Waals surface area contributed by atoms with E-state index in [2.05, 4.69) is 10.4 Å². The fraction of sp³-hybridized carbons (Fsp3) is 0.273. The maximum absolute atomic E-state index is 11.8. The van der Waals surface area contributed by atoms with Crippen LogP contribution in [0, 0.1) is 6.92 Å². The van der Waals surface area contributed by atoms with E-state index >= 15 is 0 Å². The normalized spacial score (nSPS) is 10.5. The van der Waals surface area contributed by atoms with E-state index in [0.717, 1.165) is 10.4 Å². The predicted octanol–water partition coefficient (Wildman–Crippen LogP) is 1.30. The molecule has 0 radical (unpaired) electrons. The molecule has 0 saturated carbocycles. The van der Waals surface area contributed by atoms with Crippen molar-refractivity contribution in [3.8, 4) is 0 Å². The van der Waals surface area contributed by atoms with Gasteiger partial charge in [-0.1, -0.05) is 0 Å². The second kappa shape index (κ2) is 4.58. The molecule has 0 aliphatic carbocycles. The van der Waals surface area contributed by atoms with Gasteiger partial charge in [0.25, 0.3) is 5.91 Å². The Balaban J connectivity index is 1.98. The van der Waals surface area contributed by atoms with Crippen LogP contribution in [0.1, 0.15) is 20.1 Å². The van der Waals surface area contributed by atoms with E-state index in [-0.39, 0.29) is 5.91 Å². The van der Waals surface area contributed by atoms with Crippen molar-refractivity contribution in [3.63, 3.8) is 0 Å². The van der Waals surface area contributed by atoms with Crippen LogP contribution in [0.3, 0.4) is 0 Å². The number of rotatable bonds is 3. The van der Waals surface area contributed by atoms with Gasteiger partial charge in [-0.05, 0) is 13.0 Å². The Hall–Kier alpha value is -1.82. The number of hydrogen-bond donors (Lipinski definition) is 2. The van der Waals surface area contributed by atoms with Crippen molar-refractivity contribution >= 4 is 22.9 Å². The van der Waals surface area contributed by atoms with E-state index in [1.807, 2.05) is 20.2 Å². The van der Waals surface area contributed by atoms with Crippen molar-refractivity contribution < 1.29 is 4.79 Å². The number of anilines is 1. The summed E-state index contributed by atoms with van der Waals surface area (Å²) in [4.78, 5) is 13.4. The average molecular weight is 250 g/mol. The van der Waals surface area contributed by atoms with Gasteiger partial charge in [-0.15, -0.1) is 11.3 Å². The number of hydrogen-bond acceptors (Lipinski definition) is 4. The molecule has 6 heteroatoms. The summed E-state index contributed by atoms with van der Waals surface area (Å²) in [5.74, 6) is -0.0985. The largest absolute Gasteiger partial charge is 0.398 e. The molecular formula is C11H14N4OS. The Morgan fingerprint density at radius 3 is 2.94 bits per heavy atom. The summed E-state index contributed by atoms with van der Waals surface area (Å²) in [5.41, 5.74) is 7.35. The number of aromatic nitrogens is 2. The molecule has 5 nitrogen and oxygen atoms in total. The highest BCUT2D eigenvalue weighted by Crippen LogP contribution is 2.23. The minimum Gasteiger partial charge on any atom is -0.398 e. The van der Waals surface area contributed by atoms with Crippen molar-refractivity contribution in [1.82, 2.24) is 15.1 Å². The first kappa shape index (κ1) is 11.7. The first-order valence-corrected chi connectivity index (χ1v) is 5.99. The molecule has 17 heavy (non-hydrogen) atoms. The van der Waals surface area contributed by atoms with Crippen LogP contribution >= 0.6 is 11.3 Å². The van der Waals surface area contributed by atoms with Crippen LogP contribution in [0.25, 0.3) is 0 Å². The van der Waals surface area contributed by atoms with Gasteiger partial charge in [0.05, 0.1) is 11.1 Å². The molecule has 0 aromatic carbocycles. The second-order valence-corrected chi connectivity index (χ2v) is 5.08. The third kappa shape index (κ3) is 2.65. The van der Waals surface area contributed by atoms with Gasteiger partial charge >= 0.3 is 0 Å². The average Bonchev–Trinajstić information content (AvgIpc) is 2.83. The van der Waals surface area contributed by atoms with Gasteiger partial charge < -0.3 is 11.1 Å². The van der Waals surface area contributed by atoms with E-state index in [9.17, 15) is 4.79 Å². The lowest BCUT2D eigenvalue weighted by molar-refractivity contribution is 0.0955. The molecule has 1 amide bonds. The standard InChI is InChI=1S/C11H14N4OS/c1-7-9(12)3-10(17-7)11(16)13-4-8-5-14-15(2)6-8/h3,5-6H,4,12H2,1-2H3,(H,13,16). The van der Waals surface area contributed by atoms with Crippen LogP contribution in [0.15, 0.2) is 18.5 Å². The Kier molecular flexibility index (Phi) is 3.14. The molecule has 2 rings (SSSR count). The monoisotopic (exact) mass is 250 g/mol. The minimum atomic E-state index is -0.0985. The third-order valence-electron chi connectivity index (χ3n) is 2.39. The van der Waals surface area contributed by atoms with Crippen LogP contribution in [0.5, 0.6) is 0 Å². The molecule has 3 N–H and O–H groups in total. The summed E-state index contributed by atoms with van der Waals surface area (Å²) < 4.78 is 1.70. The summed E-state index contributed by atoms with van der Waals surface area (Å²) >= 11 is 1.40. The van der Waals surface area contributed by atoms with Gasteiger partial charge in [0.1, 0.15) is 0 Å². The second-order valence-electron chi connectivity index (χ2n) is 3.83. The van der Waals surface area contributed by atoms with Crippen LogP contribution < -0.4 is 11.1 Å². The number of aryl methyl sites for hydroxylation is 2. The molecule has 2 aromatic rings. The van der Waals surface area contributed by atoms with Crippen molar-refractivity contribution in [2.75, 3.05) is 5.73 Å². The van der Waals surface area contributed by atoms with E-state index in [1.54, 1.807) is 16.9 Å². The molecule has 0 atom stereocenters. The van der Waals surface area contributed by atoms with Crippen molar-refractivity contribution in [2.45, 2.75) is 13.5 Å². The number of carbonyl (C=O) groups is 1. The lowest BCUT2D eigenvalue weighted by Crippen LogP contribution is -2.21. The maximum Gasteiger partial charge on any atom is 0.261 e. The highest BCUT2D eigenvalue weighted by atomic mass is 32.1. The number of amides is 1. The molecular weight excluding hydrogens is 236 g/mol. The van der Waals surface area contributed by atoms with Gasteiger partial charge in [-0.25, -0.2) is 0 Å². The van der Waals surface area contributed by atoms with Gasteiger partial charge in [-0.3, -0.25) is 9.48 Å². The number of nitrogens with zero attached hydrogens (tertiary/aromatic N) is 2. The van der Waals surface area contributed by atoms with Gasteiger partial charge in [0.15, 0.2) is 0 Å². The first-order chi connectivity index (χ1) is 8.06. The lowest BCUT2D eigenvalue weighted by Gasteiger charge is -2.00. The Morgan fingerprint density at radius 2 is 2.41 bits per heavy atom. The molecule has 0 aliphatic rings. The molecule has 0 bridgehead atoms. The zero-order valence-corrected chi connectivity index (χ0v) is 10.5. The van der Waals surface area contributed by atoms with Crippen molar-refractivity contribution in [3.05, 3.63) is 33.8 Å². The highest BCUT2D eigenvalue weighted by Gasteiger charge is 2.10. The lowest BCUT2D eigenvalue weighted by atomic mass is 10.3. The van der Waals surface area contributed by atoms with E-state index in [0.29, 0.717) is 17.1 Å². The fourth-order valence-electron chi connectivity index (χ4n) is 1.44. The molecule has 0 saturated heterocycles. The summed E-state index contributed by atoms with van der Waals surface area (Å²) in [6, 6.07) is 1.71. The molecule has 0 unspecified atom stereocenters. The topological polar surface area (TPSA) is 72.9 Å². The predicted molar refractivity (Wildman–Crippen MR) is 67.8 cm³/mol. The van der Waals surface area contributed by atoms with Crippen LogP contribution in [0.4, 0.5) is 5.69 Å². The molecule has 90 valence electrons. The quantitative estimate of drug-likeness (QED) is 0.862. The Bertz CT molecular complexity index is 524. The van der Waals surface area contributed by atoms with Crippen molar-refractivity contribution in [1.29, 1.82) is 0 Å². The fourth-order valence-corrected chi connectivity index (χ4v) is 2.30. The SMILES string of the molecule is Cc1sc(C(=O)NCc2cnn(C)c2)cc1N. The Morgan fingerprint density at radius 1 is 1.65 bits per heavy atom. The van der Waals surface area contributed by atoms with Crippen LogP contribution in [-0.2, 0) is 13.6 Å². The summed E-state index contributed by atoms with van der Waals surface area (Å²) in [7, 11) is 1.84. The van der Waals surface area contributed by atoms with Crippen LogP contribution in [0.2, 0.25) is 0 Å². The zero-order valence-electron chi connectivity index (χ0n) is 9.73. The minimum absolute atomic E-state index is 0.0985. The summed E-state index contributed by atoms with van der Waals surface area (Å²) in [5, 5.41) is 6.87. The van der Waals surface area contributed by atoms with E-state index in [4.69, 9.17) is 5.73 Å². The van der Waals surface area contributed by atoms with Gasteiger partial charge in [-0.2, -0.15) is 5.10 Å². The van der Waals surface area contributed by atoms with Crippen LogP contribution in [-0.4, -0.2) is 15.7 Å². The van der Waals surface area contributed by atoms with Gasteiger partial charge in [0, 0.05) is 35.9 Å². The molecule has 0 spiro atoms. The number of carbonyl (C=O) groups excluding carboxylic acids is 1. The summed E-state index contributed by atoms with van der Waals surface area (Å²) in [6.45, 7) is 2.38. The van der Waals surface area contributed by atoms with Gasteiger partial charge in [0.2, 0.25) is 0 Å². The number of nitrogens with one attached hydrogen (secondary N) is 1. The summed E-state index contributed by atoms with van der Waals surface area (Å²) in [6.07, 6.45) is 3.60. The molecule has 2 aromatic heterocycles. The molecule has 0 fully saturated rings. The molecule has 2 heterocycles. The first-order valence-electron chi connectivity index (χ1n) is 5.18. The highest BCUT2D eigenvalue weighted by molar-refractivity contribution is 7.14. The van der Waals surface area contributed by atoms with Crippen molar-refractivity contribution in [2.24, 2.45) is 7.05 Å². The molecule has 0 aliphatic heterocycles. The smallest absolute Gasteiger partial charge is 0.261 e. The Labute approximate surface area is 103 Å². The van der Waals surface area contributed by atoms with E-state index in [1.165, 1.54) is 11.3 Å². The zero-order chi connectivity index (χ0) is 12.4.